The average Bonchev–Trinajstić information content (AvgIpc) is 2.73. The fraction of sp³-hybridized carbons (Fsp3) is 0.480. The van der Waals surface area contributed by atoms with E-state index in [1.54, 1.807) is 31.1 Å². The van der Waals surface area contributed by atoms with Crippen LogP contribution in [0.5, 0.6) is 11.5 Å². The molecule has 0 aliphatic rings. The molecular formula is C25H33N3O5. The van der Waals surface area contributed by atoms with Gasteiger partial charge in [-0.15, -0.1) is 0 Å². The lowest BCUT2D eigenvalue weighted by Crippen LogP contribution is -2.42. The second-order valence-corrected chi connectivity index (χ2v) is 9.59. The van der Waals surface area contributed by atoms with E-state index in [-0.39, 0.29) is 18.2 Å². The van der Waals surface area contributed by atoms with Crippen LogP contribution in [-0.4, -0.2) is 41.0 Å². The Morgan fingerprint density at radius 3 is 2.55 bits per heavy atom. The molecule has 8 heteroatoms. The Bertz CT molecular complexity index is 1210. The van der Waals surface area contributed by atoms with Gasteiger partial charge in [0, 0.05) is 30.1 Å². The molecule has 0 saturated heterocycles. The highest BCUT2D eigenvalue weighted by molar-refractivity contribution is 6.08. The highest BCUT2D eigenvalue weighted by Crippen LogP contribution is 2.31. The maximum absolute atomic E-state index is 12.9. The number of nitrogens with zero attached hydrogens (tertiary/aromatic N) is 2. The number of benzene rings is 1. The number of ether oxygens (including phenoxy) is 3. The molecule has 3 aromatic rings. The van der Waals surface area contributed by atoms with Gasteiger partial charge in [-0.25, -0.2) is 4.79 Å². The Hall–Kier alpha value is -3.29. The zero-order valence-corrected chi connectivity index (χ0v) is 20.4. The van der Waals surface area contributed by atoms with Crippen molar-refractivity contribution in [3.05, 3.63) is 40.9 Å². The van der Waals surface area contributed by atoms with E-state index in [1.165, 1.54) is 0 Å². The third-order valence-corrected chi connectivity index (χ3v) is 5.19. The van der Waals surface area contributed by atoms with Crippen molar-refractivity contribution in [2.24, 2.45) is 13.0 Å². The van der Waals surface area contributed by atoms with E-state index in [4.69, 9.17) is 14.2 Å². The predicted octanol–water partition coefficient (Wildman–Crippen LogP) is 4.41. The van der Waals surface area contributed by atoms with Crippen molar-refractivity contribution in [1.82, 2.24) is 14.9 Å². The van der Waals surface area contributed by atoms with Crippen molar-refractivity contribution in [3.8, 4) is 11.5 Å². The van der Waals surface area contributed by atoms with Crippen molar-refractivity contribution >= 4 is 27.8 Å². The van der Waals surface area contributed by atoms with Crippen LogP contribution in [0.4, 0.5) is 4.79 Å². The van der Waals surface area contributed by atoms with Gasteiger partial charge in [-0.05, 0) is 45.2 Å². The first-order chi connectivity index (χ1) is 15.5. The van der Waals surface area contributed by atoms with Gasteiger partial charge >= 0.3 is 6.09 Å². The van der Waals surface area contributed by atoms with E-state index in [1.807, 2.05) is 39.0 Å². The molecule has 1 atom stereocenters. The Morgan fingerprint density at radius 2 is 1.91 bits per heavy atom. The number of rotatable bonds is 7. The van der Waals surface area contributed by atoms with Gasteiger partial charge in [0.1, 0.15) is 23.7 Å². The first-order valence-electron chi connectivity index (χ1n) is 11.1. The summed E-state index contributed by atoms with van der Waals surface area (Å²) in [5.41, 5.74) is -0.0177. The molecule has 1 unspecified atom stereocenters. The van der Waals surface area contributed by atoms with Gasteiger partial charge in [0.15, 0.2) is 0 Å². The van der Waals surface area contributed by atoms with Crippen molar-refractivity contribution < 1.29 is 19.0 Å². The number of hydrogen-bond acceptors (Lipinski definition) is 6. The van der Waals surface area contributed by atoms with Crippen LogP contribution in [0.3, 0.4) is 0 Å². The lowest BCUT2D eigenvalue weighted by Gasteiger charge is -2.25. The van der Waals surface area contributed by atoms with Crippen LogP contribution < -0.4 is 20.3 Å². The Balaban J connectivity index is 1.89. The van der Waals surface area contributed by atoms with Crippen LogP contribution in [0.1, 0.15) is 41.0 Å². The van der Waals surface area contributed by atoms with Gasteiger partial charge in [0.25, 0.3) is 5.56 Å². The van der Waals surface area contributed by atoms with Gasteiger partial charge in [-0.1, -0.05) is 13.8 Å². The number of carbonyl (C=O) groups is 1. The zero-order valence-electron chi connectivity index (χ0n) is 20.4. The predicted molar refractivity (Wildman–Crippen MR) is 129 cm³/mol. The highest BCUT2D eigenvalue weighted by atomic mass is 16.6. The minimum atomic E-state index is -0.574. The Kier molecular flexibility index (Phi) is 7.15. The van der Waals surface area contributed by atoms with Crippen LogP contribution in [0.25, 0.3) is 21.7 Å². The van der Waals surface area contributed by atoms with E-state index >= 15 is 0 Å². The smallest absolute Gasteiger partial charge is 0.407 e. The molecule has 1 amide bonds. The minimum absolute atomic E-state index is 0.162. The first-order valence-corrected chi connectivity index (χ1v) is 11.1. The molecule has 0 aliphatic carbocycles. The summed E-state index contributed by atoms with van der Waals surface area (Å²) in [6, 6.07) is 5.37. The average molecular weight is 456 g/mol. The number of aromatic nitrogens is 2. The molecule has 2 heterocycles. The lowest BCUT2D eigenvalue weighted by atomic mass is 10.0. The molecule has 1 aromatic carbocycles. The van der Waals surface area contributed by atoms with Crippen LogP contribution in [-0.2, 0) is 11.8 Å². The largest absolute Gasteiger partial charge is 0.494 e. The van der Waals surface area contributed by atoms with E-state index < -0.39 is 11.7 Å². The summed E-state index contributed by atoms with van der Waals surface area (Å²) in [6.07, 6.45) is 3.43. The van der Waals surface area contributed by atoms with E-state index in [9.17, 15) is 9.59 Å². The van der Waals surface area contributed by atoms with Crippen LogP contribution >= 0.6 is 0 Å². The number of methoxy groups -OCH3 is 1. The number of hydrogen-bond donors (Lipinski definition) is 1. The summed E-state index contributed by atoms with van der Waals surface area (Å²) in [5, 5.41) is 4.99. The van der Waals surface area contributed by atoms with E-state index in [0.29, 0.717) is 22.8 Å². The fourth-order valence-electron chi connectivity index (χ4n) is 3.82. The molecule has 0 spiro atoms. The third-order valence-electron chi connectivity index (χ3n) is 5.19. The second-order valence-electron chi connectivity index (χ2n) is 9.59. The van der Waals surface area contributed by atoms with Crippen LogP contribution in [0.2, 0.25) is 0 Å². The first kappa shape index (κ1) is 24.4. The summed E-state index contributed by atoms with van der Waals surface area (Å²) in [5.74, 6) is 1.51. The molecule has 8 nitrogen and oxygen atoms in total. The molecule has 33 heavy (non-hydrogen) atoms. The molecule has 2 aromatic heterocycles. The maximum atomic E-state index is 12.9. The van der Waals surface area contributed by atoms with Gasteiger partial charge in [0.2, 0.25) is 0 Å². The topological polar surface area (TPSA) is 91.7 Å². The zero-order chi connectivity index (χ0) is 24.3. The van der Waals surface area contributed by atoms with Gasteiger partial charge in [-0.3, -0.25) is 9.78 Å². The second kappa shape index (κ2) is 9.68. The number of alkyl carbamates (subject to hydrolysis) is 1. The fourth-order valence-corrected chi connectivity index (χ4v) is 3.82. The van der Waals surface area contributed by atoms with Crippen LogP contribution in [0.15, 0.2) is 35.4 Å². The number of fused-ring (bicyclic) bond motifs is 3. The monoisotopic (exact) mass is 455 g/mol. The van der Waals surface area contributed by atoms with Crippen molar-refractivity contribution in [3.63, 3.8) is 0 Å². The molecule has 178 valence electrons. The summed E-state index contributed by atoms with van der Waals surface area (Å²) in [6.45, 7) is 9.93. The van der Waals surface area contributed by atoms with Gasteiger partial charge in [-0.2, -0.15) is 0 Å². The third kappa shape index (κ3) is 5.74. The Labute approximate surface area is 193 Å². The molecule has 0 radical (unpaired) electrons. The van der Waals surface area contributed by atoms with Gasteiger partial charge in [0.05, 0.1) is 30.3 Å². The number of amides is 1. The molecule has 0 aliphatic heterocycles. The molecule has 0 bridgehead atoms. The van der Waals surface area contributed by atoms with Crippen LogP contribution in [0, 0.1) is 5.92 Å². The summed E-state index contributed by atoms with van der Waals surface area (Å²) < 4.78 is 18.5. The molecule has 3 rings (SSSR count). The summed E-state index contributed by atoms with van der Waals surface area (Å²) in [4.78, 5) is 29.3. The molecular weight excluding hydrogens is 422 g/mol. The van der Waals surface area contributed by atoms with E-state index in [2.05, 4.69) is 24.1 Å². The maximum Gasteiger partial charge on any atom is 0.407 e. The van der Waals surface area contributed by atoms with Crippen molar-refractivity contribution in [2.75, 3.05) is 13.7 Å². The standard InChI is InChI=1S/C25H33N3O5/c1-15(2)10-16(27-24(30)33-25(3,4)5)14-32-17-8-9-18-20(11-17)28(6)23(29)19-12-26-13-21(31-7)22(18)19/h8-9,11-13,15-16H,10,14H2,1-7H3,(H,27,30). The van der Waals surface area contributed by atoms with E-state index in [0.717, 1.165) is 22.7 Å². The molecule has 0 saturated carbocycles. The molecule has 0 fully saturated rings. The quantitative estimate of drug-likeness (QED) is 0.531. The number of pyridine rings is 2. The lowest BCUT2D eigenvalue weighted by molar-refractivity contribution is 0.0480. The number of nitrogens with one attached hydrogen (secondary N) is 1. The molecule has 1 N–H and O–H groups in total. The number of aryl methyl sites for hydroxylation is 1. The van der Waals surface area contributed by atoms with Gasteiger partial charge < -0.3 is 24.1 Å². The van der Waals surface area contributed by atoms with Crippen molar-refractivity contribution in [2.45, 2.75) is 52.7 Å². The summed E-state index contributed by atoms with van der Waals surface area (Å²) in [7, 11) is 3.28. The highest BCUT2D eigenvalue weighted by Gasteiger charge is 2.21. The number of carbonyl (C=O) groups excluding carboxylic acids is 1. The SMILES string of the molecule is COc1cncc2c(=O)n(C)c3cc(OCC(CC(C)C)NC(=O)OC(C)(C)C)ccc3c12. The normalized spacial score (nSPS) is 12.7. The summed E-state index contributed by atoms with van der Waals surface area (Å²) >= 11 is 0. The Morgan fingerprint density at radius 1 is 1.18 bits per heavy atom. The minimum Gasteiger partial charge on any atom is -0.494 e. The van der Waals surface area contributed by atoms with Crippen molar-refractivity contribution in [1.29, 1.82) is 0 Å².